The maximum absolute atomic E-state index is 12.4. The summed E-state index contributed by atoms with van der Waals surface area (Å²) in [4.78, 5) is 12.6. The molecule has 2 fully saturated rings. The molecule has 8 heteroatoms. The number of anilines is 1. The van der Waals surface area contributed by atoms with Gasteiger partial charge in [0.1, 0.15) is 0 Å². The second kappa shape index (κ2) is 7.61. The Hall–Kier alpha value is -1.15. The summed E-state index contributed by atoms with van der Waals surface area (Å²) in [5.41, 5.74) is 0.833. The Morgan fingerprint density at radius 3 is 2.36 bits per heavy atom. The number of piperidine rings is 1. The summed E-state index contributed by atoms with van der Waals surface area (Å²) in [5.74, 6) is 0.137. The second-order valence-electron chi connectivity index (χ2n) is 7.16. The molecule has 1 saturated heterocycles. The Labute approximate surface area is 155 Å². The lowest BCUT2D eigenvalue weighted by molar-refractivity contribution is -0.118. The van der Waals surface area contributed by atoms with Gasteiger partial charge in [-0.05, 0) is 75.9 Å². The number of nitrogens with one attached hydrogen (secondary N) is 3. The monoisotopic (exact) mass is 387 g/mol. The van der Waals surface area contributed by atoms with Crippen LogP contribution >= 0.6 is 12.4 Å². The van der Waals surface area contributed by atoms with E-state index in [1.165, 1.54) is 12.1 Å². The maximum atomic E-state index is 12.4. The smallest absolute Gasteiger partial charge is 0.240 e. The van der Waals surface area contributed by atoms with Crippen molar-refractivity contribution in [3.05, 3.63) is 24.3 Å². The van der Waals surface area contributed by atoms with Gasteiger partial charge >= 0.3 is 0 Å². The van der Waals surface area contributed by atoms with Crippen LogP contribution in [0, 0.1) is 11.3 Å². The molecule has 6 nitrogen and oxygen atoms in total. The van der Waals surface area contributed by atoms with Crippen molar-refractivity contribution in [3.8, 4) is 0 Å². The molecule has 1 amide bonds. The molecule has 3 N–H and O–H groups in total. The Kier molecular flexibility index (Phi) is 6.14. The minimum Gasteiger partial charge on any atom is -0.326 e. The van der Waals surface area contributed by atoms with Gasteiger partial charge in [-0.3, -0.25) is 4.79 Å². The van der Waals surface area contributed by atoms with Crippen LogP contribution in [0.1, 0.15) is 33.1 Å². The van der Waals surface area contributed by atoms with Crippen molar-refractivity contribution in [1.82, 2.24) is 10.0 Å². The number of hydrogen-bond acceptors (Lipinski definition) is 4. The van der Waals surface area contributed by atoms with Crippen molar-refractivity contribution >= 4 is 34.0 Å². The lowest BCUT2D eigenvalue weighted by Crippen LogP contribution is -2.31. The highest BCUT2D eigenvalue weighted by atomic mass is 35.5. The van der Waals surface area contributed by atoms with Gasteiger partial charge in [0.05, 0.1) is 4.90 Å². The molecule has 140 valence electrons. The largest absolute Gasteiger partial charge is 0.326 e. The Morgan fingerprint density at radius 1 is 1.20 bits per heavy atom. The fourth-order valence-electron chi connectivity index (χ4n) is 3.52. The van der Waals surface area contributed by atoms with E-state index in [1.807, 2.05) is 0 Å². The van der Waals surface area contributed by atoms with Gasteiger partial charge in [-0.15, -0.1) is 12.4 Å². The standard InChI is InChI=1S/C17H25N3O3S.ClH/c1-12(2)20-24(22,23)14-5-3-13(4-6-14)19-16(21)15-11-17(15)7-9-18-10-8-17;/h3-6,12,15,18,20H,7-11H2,1-2H3,(H,19,21);1H. The summed E-state index contributed by atoms with van der Waals surface area (Å²) < 4.78 is 26.7. The molecule has 3 rings (SSSR count). The predicted octanol–water partition coefficient (Wildman–Crippen LogP) is 2.12. The molecule has 25 heavy (non-hydrogen) atoms. The zero-order valence-corrected chi connectivity index (χ0v) is 16.2. The highest BCUT2D eigenvalue weighted by Gasteiger charge is 2.57. The number of sulfonamides is 1. The summed E-state index contributed by atoms with van der Waals surface area (Å²) in [6.07, 6.45) is 3.08. The third-order valence-electron chi connectivity index (χ3n) is 4.93. The Balaban J connectivity index is 0.00000225. The fourth-order valence-corrected chi connectivity index (χ4v) is 4.77. The van der Waals surface area contributed by atoms with Crippen molar-refractivity contribution in [3.63, 3.8) is 0 Å². The minimum absolute atomic E-state index is 0. The van der Waals surface area contributed by atoms with E-state index < -0.39 is 10.0 Å². The summed E-state index contributed by atoms with van der Waals surface area (Å²) in [6.45, 7) is 5.52. The van der Waals surface area contributed by atoms with E-state index in [1.54, 1.807) is 26.0 Å². The average Bonchev–Trinajstić information content (AvgIpc) is 3.20. The molecule has 0 radical (unpaired) electrons. The van der Waals surface area contributed by atoms with E-state index in [4.69, 9.17) is 0 Å². The summed E-state index contributed by atoms with van der Waals surface area (Å²) >= 11 is 0. The number of halogens is 1. The van der Waals surface area contributed by atoms with Crippen LogP contribution in [0.4, 0.5) is 5.69 Å². The average molecular weight is 388 g/mol. The lowest BCUT2D eigenvalue weighted by atomic mass is 9.92. The van der Waals surface area contributed by atoms with Crippen LogP contribution in [-0.2, 0) is 14.8 Å². The predicted molar refractivity (Wildman–Crippen MR) is 100 cm³/mol. The number of rotatable bonds is 5. The quantitative estimate of drug-likeness (QED) is 0.722. The molecule has 0 bridgehead atoms. The van der Waals surface area contributed by atoms with Crippen LogP contribution in [0.5, 0.6) is 0 Å². The topological polar surface area (TPSA) is 87.3 Å². The van der Waals surface area contributed by atoms with Gasteiger partial charge in [-0.2, -0.15) is 0 Å². The van der Waals surface area contributed by atoms with Crippen LogP contribution in [0.2, 0.25) is 0 Å². The van der Waals surface area contributed by atoms with Gasteiger partial charge in [0.25, 0.3) is 0 Å². The molecule has 1 aromatic rings. The molecule has 0 aromatic heterocycles. The fraction of sp³-hybridized carbons (Fsp3) is 0.588. The van der Waals surface area contributed by atoms with Crippen LogP contribution < -0.4 is 15.4 Å². The maximum Gasteiger partial charge on any atom is 0.240 e. The van der Waals surface area contributed by atoms with E-state index >= 15 is 0 Å². The van der Waals surface area contributed by atoms with Crippen molar-refractivity contribution in [2.75, 3.05) is 18.4 Å². The van der Waals surface area contributed by atoms with Gasteiger partial charge in [-0.25, -0.2) is 13.1 Å². The number of benzene rings is 1. The van der Waals surface area contributed by atoms with E-state index in [0.717, 1.165) is 32.4 Å². The number of carbonyl (C=O) groups excluding carboxylic acids is 1. The Bertz CT molecular complexity index is 713. The normalized spacial score (nSPS) is 21.6. The van der Waals surface area contributed by atoms with Crippen LogP contribution in [0.15, 0.2) is 29.2 Å². The molecule has 1 atom stereocenters. The van der Waals surface area contributed by atoms with Gasteiger partial charge in [-0.1, -0.05) is 0 Å². The molecule has 2 aliphatic rings. The SMILES string of the molecule is CC(C)NS(=O)(=O)c1ccc(NC(=O)C2CC23CCNCC3)cc1.Cl. The van der Waals surface area contributed by atoms with Crippen LogP contribution in [0.25, 0.3) is 0 Å². The summed E-state index contributed by atoms with van der Waals surface area (Å²) in [6, 6.07) is 6.17. The number of hydrogen-bond donors (Lipinski definition) is 3. The first kappa shape index (κ1) is 20.2. The third kappa shape index (κ3) is 4.53. The first-order valence-corrected chi connectivity index (χ1v) is 9.95. The van der Waals surface area contributed by atoms with Gasteiger partial charge < -0.3 is 10.6 Å². The molecular formula is C17H26ClN3O3S. The van der Waals surface area contributed by atoms with Gasteiger partial charge in [0, 0.05) is 17.6 Å². The minimum atomic E-state index is -3.50. The van der Waals surface area contributed by atoms with Crippen molar-refractivity contribution in [2.45, 2.75) is 44.0 Å². The molecule has 1 saturated carbocycles. The zero-order valence-electron chi connectivity index (χ0n) is 14.5. The lowest BCUT2D eigenvalue weighted by Gasteiger charge is -2.23. The summed E-state index contributed by atoms with van der Waals surface area (Å²) in [5, 5.41) is 6.25. The van der Waals surface area contributed by atoms with E-state index in [0.29, 0.717) is 5.69 Å². The first-order valence-electron chi connectivity index (χ1n) is 8.46. The van der Waals surface area contributed by atoms with Crippen LogP contribution in [-0.4, -0.2) is 33.5 Å². The second-order valence-corrected chi connectivity index (χ2v) is 8.87. The summed E-state index contributed by atoms with van der Waals surface area (Å²) in [7, 11) is -3.50. The number of carbonyl (C=O) groups is 1. The molecule has 1 unspecified atom stereocenters. The van der Waals surface area contributed by atoms with Crippen molar-refractivity contribution in [1.29, 1.82) is 0 Å². The van der Waals surface area contributed by atoms with Crippen molar-refractivity contribution in [2.24, 2.45) is 11.3 Å². The highest BCUT2D eigenvalue weighted by Crippen LogP contribution is 2.58. The molecule has 1 aliphatic heterocycles. The van der Waals surface area contributed by atoms with E-state index in [-0.39, 0.29) is 40.6 Å². The van der Waals surface area contributed by atoms with E-state index in [9.17, 15) is 13.2 Å². The van der Waals surface area contributed by atoms with Gasteiger partial charge in [0.2, 0.25) is 15.9 Å². The molecule has 1 spiro atoms. The van der Waals surface area contributed by atoms with Crippen LogP contribution in [0.3, 0.4) is 0 Å². The molecule has 1 heterocycles. The highest BCUT2D eigenvalue weighted by molar-refractivity contribution is 7.89. The van der Waals surface area contributed by atoms with E-state index in [2.05, 4.69) is 15.4 Å². The number of amides is 1. The first-order chi connectivity index (χ1) is 11.3. The van der Waals surface area contributed by atoms with Crippen molar-refractivity contribution < 1.29 is 13.2 Å². The molecule has 1 aromatic carbocycles. The molecule has 1 aliphatic carbocycles. The molecular weight excluding hydrogens is 362 g/mol. The van der Waals surface area contributed by atoms with Gasteiger partial charge in [0.15, 0.2) is 0 Å². The third-order valence-corrected chi connectivity index (χ3v) is 6.60. The Morgan fingerprint density at radius 2 is 1.80 bits per heavy atom. The zero-order chi connectivity index (χ0) is 17.4.